The zero-order chi connectivity index (χ0) is 25.8. The predicted octanol–water partition coefficient (Wildman–Crippen LogP) is 7.37. The third-order valence-electron chi connectivity index (χ3n) is 6.05. The average molecular weight is 491 g/mol. The van der Waals surface area contributed by atoms with E-state index < -0.39 is 11.2 Å². The van der Waals surface area contributed by atoms with Crippen molar-refractivity contribution in [3.63, 3.8) is 0 Å². The van der Waals surface area contributed by atoms with Gasteiger partial charge < -0.3 is 19.7 Å². The molecule has 1 heterocycles. The van der Waals surface area contributed by atoms with Crippen molar-refractivity contribution in [2.75, 3.05) is 10.2 Å². The van der Waals surface area contributed by atoms with E-state index in [1.807, 2.05) is 91.9 Å². The minimum absolute atomic E-state index is 0.0760. The van der Waals surface area contributed by atoms with Crippen molar-refractivity contribution in [2.24, 2.45) is 0 Å². The number of fused-ring (bicyclic) bond motifs is 1. The van der Waals surface area contributed by atoms with Gasteiger partial charge >= 0.3 is 0 Å². The van der Waals surface area contributed by atoms with Crippen molar-refractivity contribution < 1.29 is 14.3 Å². The molecule has 0 saturated carbocycles. The topological polar surface area (TPSA) is 82.8 Å². The summed E-state index contributed by atoms with van der Waals surface area (Å²) in [6.07, 6.45) is 1.13. The van der Waals surface area contributed by atoms with E-state index in [9.17, 15) is 14.7 Å². The standard InChI is InChI=1S/C31H26N2O4/c1-2-9-28(34)32-22-16-19-26-27(20-22)37-31(30(36)29(26)35)21-14-17-25(18-15-21)33(23-10-5-3-6-11-23)24-12-7-4-8-13-24/h3-8,10-20,36H,2,9H2,1H3,(H,32,34). The highest BCUT2D eigenvalue weighted by molar-refractivity contribution is 5.93. The summed E-state index contributed by atoms with van der Waals surface area (Å²) in [5.74, 6) is -0.488. The van der Waals surface area contributed by atoms with Gasteiger partial charge in [0.15, 0.2) is 5.76 Å². The van der Waals surface area contributed by atoms with Crippen molar-refractivity contribution in [1.82, 2.24) is 0 Å². The highest BCUT2D eigenvalue weighted by atomic mass is 16.4. The van der Waals surface area contributed by atoms with Gasteiger partial charge in [-0.1, -0.05) is 43.3 Å². The quantitative estimate of drug-likeness (QED) is 0.249. The number of aromatic hydroxyl groups is 1. The Labute approximate surface area is 214 Å². The van der Waals surface area contributed by atoms with E-state index >= 15 is 0 Å². The summed E-state index contributed by atoms with van der Waals surface area (Å²) in [5, 5.41) is 13.7. The van der Waals surface area contributed by atoms with Gasteiger partial charge in [0.2, 0.25) is 17.1 Å². The van der Waals surface area contributed by atoms with Crippen molar-refractivity contribution >= 4 is 39.6 Å². The van der Waals surface area contributed by atoms with Gasteiger partial charge in [0.1, 0.15) is 5.58 Å². The number of para-hydroxylation sites is 2. The summed E-state index contributed by atoms with van der Waals surface area (Å²) >= 11 is 0. The summed E-state index contributed by atoms with van der Waals surface area (Å²) in [6, 6.07) is 32.3. The second-order valence-corrected chi connectivity index (χ2v) is 8.67. The Morgan fingerprint density at radius 3 is 2.03 bits per heavy atom. The fourth-order valence-corrected chi connectivity index (χ4v) is 4.27. The monoisotopic (exact) mass is 490 g/mol. The number of carbonyl (C=O) groups excluding carboxylic acids is 1. The number of hydrogen-bond donors (Lipinski definition) is 2. The van der Waals surface area contributed by atoms with Crippen LogP contribution in [0.3, 0.4) is 0 Å². The highest BCUT2D eigenvalue weighted by Gasteiger charge is 2.17. The van der Waals surface area contributed by atoms with Crippen LogP contribution in [0.1, 0.15) is 19.8 Å². The lowest BCUT2D eigenvalue weighted by molar-refractivity contribution is -0.116. The lowest BCUT2D eigenvalue weighted by atomic mass is 10.1. The Kier molecular flexibility index (Phi) is 6.72. The third kappa shape index (κ3) is 4.95. The molecule has 1 amide bonds. The highest BCUT2D eigenvalue weighted by Crippen LogP contribution is 2.37. The van der Waals surface area contributed by atoms with Gasteiger partial charge in [0, 0.05) is 40.8 Å². The minimum atomic E-state index is -0.526. The first-order valence-electron chi connectivity index (χ1n) is 12.2. The first-order valence-corrected chi connectivity index (χ1v) is 12.2. The summed E-state index contributed by atoms with van der Waals surface area (Å²) in [6.45, 7) is 1.93. The Hall–Kier alpha value is -4.84. The molecule has 37 heavy (non-hydrogen) atoms. The number of nitrogens with one attached hydrogen (secondary N) is 1. The van der Waals surface area contributed by atoms with Crippen LogP contribution in [-0.4, -0.2) is 11.0 Å². The predicted molar refractivity (Wildman–Crippen MR) is 148 cm³/mol. The maximum absolute atomic E-state index is 12.9. The molecule has 0 unspecified atom stereocenters. The Balaban J connectivity index is 1.54. The SMILES string of the molecule is CCCC(=O)Nc1ccc2c(=O)c(O)c(-c3ccc(N(c4ccccc4)c4ccccc4)cc3)oc2c1. The van der Waals surface area contributed by atoms with E-state index in [-0.39, 0.29) is 22.6 Å². The molecule has 5 rings (SSSR count). The molecule has 0 aliphatic heterocycles. The molecule has 184 valence electrons. The van der Waals surface area contributed by atoms with Gasteiger partial charge in [-0.3, -0.25) is 9.59 Å². The maximum Gasteiger partial charge on any atom is 0.235 e. The van der Waals surface area contributed by atoms with Crippen LogP contribution in [-0.2, 0) is 4.79 Å². The molecule has 4 aromatic carbocycles. The molecule has 0 atom stereocenters. The first kappa shape index (κ1) is 23.9. The van der Waals surface area contributed by atoms with E-state index in [0.717, 1.165) is 23.5 Å². The maximum atomic E-state index is 12.9. The van der Waals surface area contributed by atoms with E-state index in [1.54, 1.807) is 18.2 Å². The smallest absolute Gasteiger partial charge is 0.235 e. The fraction of sp³-hybridized carbons (Fsp3) is 0.0968. The van der Waals surface area contributed by atoms with Crippen LogP contribution in [0.2, 0.25) is 0 Å². The lowest BCUT2D eigenvalue weighted by Gasteiger charge is -2.25. The van der Waals surface area contributed by atoms with E-state index in [4.69, 9.17) is 4.42 Å². The second-order valence-electron chi connectivity index (χ2n) is 8.67. The van der Waals surface area contributed by atoms with Crippen molar-refractivity contribution in [2.45, 2.75) is 19.8 Å². The lowest BCUT2D eigenvalue weighted by Crippen LogP contribution is -2.11. The number of carbonyl (C=O) groups is 1. The van der Waals surface area contributed by atoms with Gasteiger partial charge in [-0.2, -0.15) is 0 Å². The zero-order valence-corrected chi connectivity index (χ0v) is 20.3. The Morgan fingerprint density at radius 2 is 1.43 bits per heavy atom. The van der Waals surface area contributed by atoms with E-state index in [0.29, 0.717) is 17.7 Å². The summed E-state index contributed by atoms with van der Waals surface area (Å²) in [7, 11) is 0. The summed E-state index contributed by atoms with van der Waals surface area (Å²) in [4.78, 5) is 27.0. The number of nitrogens with zero attached hydrogens (tertiary/aromatic N) is 1. The molecule has 0 aliphatic rings. The second kappa shape index (κ2) is 10.4. The number of anilines is 4. The average Bonchev–Trinajstić information content (AvgIpc) is 2.93. The number of amides is 1. The van der Waals surface area contributed by atoms with Gasteiger partial charge in [-0.15, -0.1) is 0 Å². The minimum Gasteiger partial charge on any atom is -0.502 e. The first-order chi connectivity index (χ1) is 18.0. The Morgan fingerprint density at radius 1 is 0.838 bits per heavy atom. The molecule has 5 aromatic rings. The normalized spacial score (nSPS) is 10.8. The van der Waals surface area contributed by atoms with E-state index in [2.05, 4.69) is 10.2 Å². The van der Waals surface area contributed by atoms with Crippen LogP contribution < -0.4 is 15.6 Å². The van der Waals surface area contributed by atoms with Gasteiger partial charge in [0.25, 0.3) is 0 Å². The van der Waals surface area contributed by atoms with Crippen LogP contribution >= 0.6 is 0 Å². The molecule has 0 saturated heterocycles. The molecule has 0 radical (unpaired) electrons. The van der Waals surface area contributed by atoms with Crippen molar-refractivity contribution in [3.8, 4) is 17.1 Å². The van der Waals surface area contributed by atoms with Gasteiger partial charge in [-0.25, -0.2) is 0 Å². The molecule has 0 fully saturated rings. The molecule has 1 aromatic heterocycles. The Bertz CT molecular complexity index is 1560. The number of rotatable bonds is 7. The third-order valence-corrected chi connectivity index (χ3v) is 6.05. The fourth-order valence-electron chi connectivity index (χ4n) is 4.27. The molecule has 6 nitrogen and oxygen atoms in total. The van der Waals surface area contributed by atoms with Crippen LogP contribution in [0.15, 0.2) is 112 Å². The summed E-state index contributed by atoms with van der Waals surface area (Å²) < 4.78 is 6.00. The molecule has 6 heteroatoms. The molecule has 0 bridgehead atoms. The van der Waals surface area contributed by atoms with Gasteiger partial charge in [-0.05, 0) is 67.1 Å². The molecular formula is C31H26N2O4. The zero-order valence-electron chi connectivity index (χ0n) is 20.3. The largest absolute Gasteiger partial charge is 0.502 e. The molecular weight excluding hydrogens is 464 g/mol. The van der Waals surface area contributed by atoms with Gasteiger partial charge in [0.05, 0.1) is 5.39 Å². The van der Waals surface area contributed by atoms with Crippen molar-refractivity contribution in [1.29, 1.82) is 0 Å². The van der Waals surface area contributed by atoms with E-state index in [1.165, 1.54) is 0 Å². The van der Waals surface area contributed by atoms with Crippen LogP contribution in [0.25, 0.3) is 22.3 Å². The van der Waals surface area contributed by atoms with Crippen molar-refractivity contribution in [3.05, 3.63) is 113 Å². The number of hydrogen-bond acceptors (Lipinski definition) is 5. The van der Waals surface area contributed by atoms with Crippen LogP contribution in [0, 0.1) is 0 Å². The molecule has 0 aliphatic carbocycles. The molecule has 2 N–H and O–H groups in total. The summed E-state index contributed by atoms with van der Waals surface area (Å²) in [5.41, 5.74) is 3.75. The molecule has 0 spiro atoms. The van der Waals surface area contributed by atoms with Crippen LogP contribution in [0.5, 0.6) is 5.75 Å². The van der Waals surface area contributed by atoms with Crippen LogP contribution in [0.4, 0.5) is 22.7 Å². The number of benzene rings is 4.